The lowest BCUT2D eigenvalue weighted by Crippen LogP contribution is -2.20. The SMILES string of the molecule is O=C(/C=C/c1cc2c(cc1[N+](=O)[O-])OCO2)NCc1ccc(F)cc1. The summed E-state index contributed by atoms with van der Waals surface area (Å²) in [6, 6.07) is 8.42. The van der Waals surface area contributed by atoms with Crippen molar-refractivity contribution < 1.29 is 23.6 Å². The third-order valence-electron chi connectivity index (χ3n) is 3.51. The Kier molecular flexibility index (Phi) is 4.60. The third-order valence-corrected chi connectivity index (χ3v) is 3.51. The van der Waals surface area contributed by atoms with Crippen LogP contribution in [0.2, 0.25) is 0 Å². The Labute approximate surface area is 141 Å². The summed E-state index contributed by atoms with van der Waals surface area (Å²) in [7, 11) is 0. The average molecular weight is 344 g/mol. The number of nitrogens with one attached hydrogen (secondary N) is 1. The summed E-state index contributed by atoms with van der Waals surface area (Å²) in [4.78, 5) is 22.5. The van der Waals surface area contributed by atoms with Gasteiger partial charge in [-0.15, -0.1) is 0 Å². The summed E-state index contributed by atoms with van der Waals surface area (Å²) in [6.07, 6.45) is 2.52. The van der Waals surface area contributed by atoms with E-state index in [0.29, 0.717) is 11.5 Å². The third kappa shape index (κ3) is 3.92. The van der Waals surface area contributed by atoms with Crippen LogP contribution in [0.1, 0.15) is 11.1 Å². The van der Waals surface area contributed by atoms with Crippen molar-refractivity contribution in [2.75, 3.05) is 6.79 Å². The van der Waals surface area contributed by atoms with Gasteiger partial charge in [0.25, 0.3) is 5.69 Å². The van der Waals surface area contributed by atoms with Crippen LogP contribution in [0.25, 0.3) is 6.08 Å². The Morgan fingerprint density at radius 2 is 1.92 bits per heavy atom. The Balaban J connectivity index is 1.69. The van der Waals surface area contributed by atoms with Crippen molar-refractivity contribution in [2.24, 2.45) is 0 Å². The van der Waals surface area contributed by atoms with E-state index in [9.17, 15) is 19.3 Å². The number of rotatable bonds is 5. The molecule has 0 saturated heterocycles. The number of benzene rings is 2. The van der Waals surface area contributed by atoms with Crippen molar-refractivity contribution in [3.63, 3.8) is 0 Å². The van der Waals surface area contributed by atoms with E-state index in [-0.39, 0.29) is 30.4 Å². The Morgan fingerprint density at radius 3 is 2.60 bits per heavy atom. The molecule has 128 valence electrons. The molecule has 1 aliphatic heterocycles. The summed E-state index contributed by atoms with van der Waals surface area (Å²) < 4.78 is 23.1. The van der Waals surface area contributed by atoms with E-state index in [1.807, 2.05) is 0 Å². The van der Waals surface area contributed by atoms with Crippen LogP contribution in [0.4, 0.5) is 10.1 Å². The molecule has 8 heteroatoms. The number of nitro benzene ring substituents is 1. The van der Waals surface area contributed by atoms with E-state index >= 15 is 0 Å². The molecular formula is C17H13FN2O5. The molecule has 3 rings (SSSR count). The van der Waals surface area contributed by atoms with Crippen molar-refractivity contribution in [2.45, 2.75) is 6.54 Å². The second kappa shape index (κ2) is 7.00. The summed E-state index contributed by atoms with van der Waals surface area (Å²) >= 11 is 0. The van der Waals surface area contributed by atoms with Crippen molar-refractivity contribution in [3.8, 4) is 11.5 Å². The van der Waals surface area contributed by atoms with Crippen LogP contribution in [0.5, 0.6) is 11.5 Å². The Bertz CT molecular complexity index is 849. The van der Waals surface area contributed by atoms with Gasteiger partial charge in [-0.1, -0.05) is 12.1 Å². The maximum atomic E-state index is 12.8. The number of nitro groups is 1. The molecule has 0 bridgehead atoms. The number of nitrogens with zero attached hydrogens (tertiary/aromatic N) is 1. The number of carbonyl (C=O) groups is 1. The largest absolute Gasteiger partial charge is 0.454 e. The van der Waals surface area contributed by atoms with Crippen molar-refractivity contribution in [1.29, 1.82) is 0 Å². The van der Waals surface area contributed by atoms with E-state index in [4.69, 9.17) is 9.47 Å². The van der Waals surface area contributed by atoms with Gasteiger partial charge in [-0.3, -0.25) is 14.9 Å². The van der Waals surface area contributed by atoms with Gasteiger partial charge < -0.3 is 14.8 Å². The molecule has 0 aliphatic carbocycles. The van der Waals surface area contributed by atoms with Crippen LogP contribution in [-0.2, 0) is 11.3 Å². The minimum Gasteiger partial charge on any atom is -0.454 e. The van der Waals surface area contributed by atoms with Crippen LogP contribution in [0.3, 0.4) is 0 Å². The molecule has 2 aromatic rings. The molecule has 1 aliphatic rings. The van der Waals surface area contributed by atoms with Crippen LogP contribution >= 0.6 is 0 Å². The lowest BCUT2D eigenvalue weighted by atomic mass is 10.1. The van der Waals surface area contributed by atoms with Crippen molar-refractivity contribution >= 4 is 17.7 Å². The molecule has 1 N–H and O–H groups in total. The van der Waals surface area contributed by atoms with Gasteiger partial charge in [0.05, 0.1) is 16.6 Å². The highest BCUT2D eigenvalue weighted by molar-refractivity contribution is 5.92. The molecule has 0 radical (unpaired) electrons. The molecule has 0 saturated carbocycles. The van der Waals surface area contributed by atoms with Gasteiger partial charge in [0.1, 0.15) is 5.82 Å². The van der Waals surface area contributed by atoms with Crippen LogP contribution in [0.15, 0.2) is 42.5 Å². The van der Waals surface area contributed by atoms with E-state index in [0.717, 1.165) is 5.56 Å². The monoisotopic (exact) mass is 344 g/mol. The molecule has 0 spiro atoms. The molecular weight excluding hydrogens is 331 g/mol. The first-order chi connectivity index (χ1) is 12.0. The number of halogens is 1. The van der Waals surface area contributed by atoms with Gasteiger partial charge >= 0.3 is 0 Å². The molecule has 0 unspecified atom stereocenters. The Morgan fingerprint density at radius 1 is 1.24 bits per heavy atom. The fraction of sp³-hybridized carbons (Fsp3) is 0.118. The number of fused-ring (bicyclic) bond motifs is 1. The van der Waals surface area contributed by atoms with Gasteiger partial charge in [-0.05, 0) is 29.8 Å². The van der Waals surface area contributed by atoms with Gasteiger partial charge in [-0.25, -0.2) is 4.39 Å². The number of hydrogen-bond donors (Lipinski definition) is 1. The zero-order chi connectivity index (χ0) is 17.8. The zero-order valence-corrected chi connectivity index (χ0v) is 12.9. The molecule has 1 amide bonds. The molecule has 0 fully saturated rings. The second-order valence-corrected chi connectivity index (χ2v) is 5.20. The lowest BCUT2D eigenvalue weighted by molar-refractivity contribution is -0.385. The average Bonchev–Trinajstić information content (AvgIpc) is 3.05. The zero-order valence-electron chi connectivity index (χ0n) is 12.9. The van der Waals surface area contributed by atoms with Gasteiger partial charge in [-0.2, -0.15) is 0 Å². The van der Waals surface area contributed by atoms with E-state index in [1.165, 1.54) is 36.4 Å². The maximum absolute atomic E-state index is 12.8. The second-order valence-electron chi connectivity index (χ2n) is 5.20. The fourth-order valence-electron chi connectivity index (χ4n) is 2.25. The summed E-state index contributed by atoms with van der Waals surface area (Å²) in [5.74, 6) is -0.108. The number of amides is 1. The van der Waals surface area contributed by atoms with Gasteiger partial charge in [0.15, 0.2) is 11.5 Å². The van der Waals surface area contributed by atoms with Crippen LogP contribution < -0.4 is 14.8 Å². The van der Waals surface area contributed by atoms with E-state index < -0.39 is 10.8 Å². The molecule has 25 heavy (non-hydrogen) atoms. The molecule has 2 aromatic carbocycles. The normalized spacial score (nSPS) is 12.4. The van der Waals surface area contributed by atoms with Crippen molar-refractivity contribution in [3.05, 3.63) is 69.5 Å². The van der Waals surface area contributed by atoms with Crippen LogP contribution in [0, 0.1) is 15.9 Å². The highest BCUT2D eigenvalue weighted by Gasteiger charge is 2.22. The first-order valence-electron chi connectivity index (χ1n) is 7.31. The van der Waals surface area contributed by atoms with Crippen molar-refractivity contribution in [1.82, 2.24) is 5.32 Å². The maximum Gasteiger partial charge on any atom is 0.280 e. The lowest BCUT2D eigenvalue weighted by Gasteiger charge is -2.03. The molecule has 1 heterocycles. The number of carbonyl (C=O) groups excluding carboxylic acids is 1. The minimum atomic E-state index is -0.557. The standard InChI is InChI=1S/C17H13FN2O5/c18-13-4-1-11(2-5-13)9-19-17(21)6-3-12-7-15-16(25-10-24-15)8-14(12)20(22)23/h1-8H,9-10H2,(H,19,21)/b6-3+. The predicted molar refractivity (Wildman–Crippen MR) is 86.5 cm³/mol. The Hall–Kier alpha value is -3.42. The topological polar surface area (TPSA) is 90.7 Å². The summed E-state index contributed by atoms with van der Waals surface area (Å²) in [5, 5.41) is 13.8. The first-order valence-corrected chi connectivity index (χ1v) is 7.31. The fourth-order valence-corrected chi connectivity index (χ4v) is 2.25. The number of ether oxygens (including phenoxy) is 2. The van der Waals surface area contributed by atoms with E-state index in [2.05, 4.69) is 5.32 Å². The smallest absolute Gasteiger partial charge is 0.280 e. The molecule has 7 nitrogen and oxygen atoms in total. The summed E-state index contributed by atoms with van der Waals surface area (Å²) in [5.41, 5.74) is 0.773. The van der Waals surface area contributed by atoms with Crippen LogP contribution in [-0.4, -0.2) is 17.6 Å². The van der Waals surface area contributed by atoms with Gasteiger partial charge in [0.2, 0.25) is 12.7 Å². The number of hydrogen-bond acceptors (Lipinski definition) is 5. The quantitative estimate of drug-likeness (QED) is 0.512. The molecule has 0 aromatic heterocycles. The van der Waals surface area contributed by atoms with Gasteiger partial charge in [0, 0.05) is 12.6 Å². The predicted octanol–water partition coefficient (Wildman–Crippen LogP) is 2.79. The highest BCUT2D eigenvalue weighted by atomic mass is 19.1. The molecule has 0 atom stereocenters. The minimum absolute atomic E-state index is 0.00217. The highest BCUT2D eigenvalue weighted by Crippen LogP contribution is 2.38. The summed E-state index contributed by atoms with van der Waals surface area (Å²) in [6.45, 7) is 0.213. The van der Waals surface area contributed by atoms with E-state index in [1.54, 1.807) is 12.1 Å². The first kappa shape index (κ1) is 16.4.